The van der Waals surface area contributed by atoms with Crippen LogP contribution in [0, 0.1) is 0 Å². The lowest BCUT2D eigenvalue weighted by molar-refractivity contribution is 0.684. The lowest BCUT2D eigenvalue weighted by Gasteiger charge is -2.10. The quantitative estimate of drug-likeness (QED) is 0.811. The van der Waals surface area contributed by atoms with Crippen molar-refractivity contribution in [2.24, 2.45) is 0 Å². The fraction of sp³-hybridized carbons (Fsp3) is 0.571. The molecule has 1 N–H and O–H groups in total. The van der Waals surface area contributed by atoms with Crippen LogP contribution < -0.4 is 5.32 Å². The van der Waals surface area contributed by atoms with Crippen molar-refractivity contribution in [2.45, 2.75) is 37.5 Å². The van der Waals surface area contributed by atoms with Gasteiger partial charge in [-0.2, -0.15) is 11.8 Å². The average Bonchev–Trinajstić information content (AvgIpc) is 3.13. The van der Waals surface area contributed by atoms with Crippen molar-refractivity contribution in [2.75, 3.05) is 12.8 Å². The van der Waals surface area contributed by atoms with Crippen molar-refractivity contribution in [3.05, 3.63) is 35.4 Å². The zero-order valence-electron chi connectivity index (χ0n) is 10.2. The van der Waals surface area contributed by atoms with Gasteiger partial charge in [0.25, 0.3) is 0 Å². The predicted molar refractivity (Wildman–Crippen MR) is 73.1 cm³/mol. The highest BCUT2D eigenvalue weighted by Crippen LogP contribution is 2.40. The third-order valence-corrected chi connectivity index (χ3v) is 4.13. The van der Waals surface area contributed by atoms with E-state index in [1.54, 1.807) is 0 Å². The SMILES string of the molecule is CSC(C)CNCc1cccc(C2CC2)c1. The second-order valence-electron chi connectivity index (χ2n) is 4.70. The van der Waals surface area contributed by atoms with Crippen LogP contribution in [0.15, 0.2) is 24.3 Å². The predicted octanol–water partition coefficient (Wildman–Crippen LogP) is 3.41. The molecule has 1 aromatic rings. The van der Waals surface area contributed by atoms with Crippen LogP contribution in [0.2, 0.25) is 0 Å². The van der Waals surface area contributed by atoms with Gasteiger partial charge in [-0.15, -0.1) is 0 Å². The van der Waals surface area contributed by atoms with E-state index in [9.17, 15) is 0 Å². The van der Waals surface area contributed by atoms with Crippen LogP contribution >= 0.6 is 11.8 Å². The summed E-state index contributed by atoms with van der Waals surface area (Å²) in [5.41, 5.74) is 2.97. The van der Waals surface area contributed by atoms with E-state index >= 15 is 0 Å². The summed E-state index contributed by atoms with van der Waals surface area (Å²) >= 11 is 1.92. The third kappa shape index (κ3) is 3.53. The second-order valence-corrected chi connectivity index (χ2v) is 5.97. The van der Waals surface area contributed by atoms with E-state index in [2.05, 4.69) is 42.8 Å². The largest absolute Gasteiger partial charge is 0.312 e. The van der Waals surface area contributed by atoms with Gasteiger partial charge in [0.2, 0.25) is 0 Å². The molecule has 1 saturated carbocycles. The molecule has 1 fully saturated rings. The Labute approximate surface area is 103 Å². The summed E-state index contributed by atoms with van der Waals surface area (Å²) in [7, 11) is 0. The molecule has 1 nitrogen and oxygen atoms in total. The highest BCUT2D eigenvalue weighted by molar-refractivity contribution is 7.99. The van der Waals surface area contributed by atoms with Crippen LogP contribution in [-0.4, -0.2) is 18.1 Å². The number of hydrogen-bond donors (Lipinski definition) is 1. The molecule has 0 amide bonds. The summed E-state index contributed by atoms with van der Waals surface area (Å²) in [6.07, 6.45) is 4.95. The van der Waals surface area contributed by atoms with Crippen molar-refractivity contribution < 1.29 is 0 Å². The molecule has 16 heavy (non-hydrogen) atoms. The van der Waals surface area contributed by atoms with Gasteiger partial charge in [-0.3, -0.25) is 0 Å². The van der Waals surface area contributed by atoms with Crippen LogP contribution in [0.25, 0.3) is 0 Å². The van der Waals surface area contributed by atoms with E-state index in [1.165, 1.54) is 24.0 Å². The number of benzene rings is 1. The molecule has 0 bridgehead atoms. The van der Waals surface area contributed by atoms with E-state index in [0.717, 1.165) is 19.0 Å². The Morgan fingerprint density at radius 1 is 1.44 bits per heavy atom. The second kappa shape index (κ2) is 5.74. The Balaban J connectivity index is 1.82. The van der Waals surface area contributed by atoms with Crippen molar-refractivity contribution in [1.29, 1.82) is 0 Å². The maximum atomic E-state index is 3.52. The highest BCUT2D eigenvalue weighted by atomic mass is 32.2. The van der Waals surface area contributed by atoms with Gasteiger partial charge in [0.15, 0.2) is 0 Å². The fourth-order valence-corrected chi connectivity index (χ4v) is 2.16. The van der Waals surface area contributed by atoms with Gasteiger partial charge in [0.1, 0.15) is 0 Å². The molecule has 0 aromatic heterocycles. The summed E-state index contributed by atoms with van der Waals surface area (Å²) in [4.78, 5) is 0. The molecule has 0 aliphatic heterocycles. The van der Waals surface area contributed by atoms with Crippen LogP contribution in [0.1, 0.15) is 36.8 Å². The monoisotopic (exact) mass is 235 g/mol. The minimum Gasteiger partial charge on any atom is -0.312 e. The molecule has 1 atom stereocenters. The summed E-state index contributed by atoms with van der Waals surface area (Å²) in [5.74, 6) is 0.866. The van der Waals surface area contributed by atoms with Gasteiger partial charge in [-0.05, 0) is 36.1 Å². The molecule has 0 radical (unpaired) electrons. The fourth-order valence-electron chi connectivity index (χ4n) is 1.88. The maximum Gasteiger partial charge on any atom is 0.0206 e. The number of hydrogen-bond acceptors (Lipinski definition) is 2. The molecular formula is C14H21NS. The molecule has 0 spiro atoms. The summed E-state index contributed by atoms with van der Waals surface area (Å²) in [6.45, 7) is 4.36. The smallest absolute Gasteiger partial charge is 0.0206 e. The van der Waals surface area contributed by atoms with E-state index < -0.39 is 0 Å². The Kier molecular flexibility index (Phi) is 4.30. The number of nitrogens with one attached hydrogen (secondary N) is 1. The third-order valence-electron chi connectivity index (χ3n) is 3.16. The molecule has 2 heteroatoms. The first-order valence-electron chi connectivity index (χ1n) is 6.12. The van der Waals surface area contributed by atoms with Gasteiger partial charge in [-0.1, -0.05) is 31.2 Å². The van der Waals surface area contributed by atoms with Crippen LogP contribution in [0.4, 0.5) is 0 Å². The Morgan fingerprint density at radius 2 is 2.25 bits per heavy atom. The maximum absolute atomic E-state index is 3.52. The highest BCUT2D eigenvalue weighted by Gasteiger charge is 2.23. The van der Waals surface area contributed by atoms with Crippen molar-refractivity contribution in [1.82, 2.24) is 5.32 Å². The Hall–Kier alpha value is -0.470. The van der Waals surface area contributed by atoms with Gasteiger partial charge in [0.05, 0.1) is 0 Å². The normalized spacial score (nSPS) is 17.4. The van der Waals surface area contributed by atoms with Crippen LogP contribution in [-0.2, 0) is 6.54 Å². The lowest BCUT2D eigenvalue weighted by Crippen LogP contribution is -2.22. The Bertz CT molecular complexity index is 333. The van der Waals surface area contributed by atoms with E-state index in [-0.39, 0.29) is 0 Å². The zero-order chi connectivity index (χ0) is 11.4. The first-order chi connectivity index (χ1) is 7.79. The minimum atomic E-state index is 0.701. The molecule has 1 aliphatic carbocycles. The van der Waals surface area contributed by atoms with Gasteiger partial charge < -0.3 is 5.32 Å². The molecule has 1 aliphatic rings. The van der Waals surface area contributed by atoms with Gasteiger partial charge in [-0.25, -0.2) is 0 Å². The molecule has 88 valence electrons. The first-order valence-corrected chi connectivity index (χ1v) is 7.40. The molecule has 0 saturated heterocycles. The van der Waals surface area contributed by atoms with Crippen molar-refractivity contribution in [3.63, 3.8) is 0 Å². The van der Waals surface area contributed by atoms with Crippen LogP contribution in [0.5, 0.6) is 0 Å². The zero-order valence-corrected chi connectivity index (χ0v) is 11.0. The molecule has 0 heterocycles. The average molecular weight is 235 g/mol. The molecular weight excluding hydrogens is 214 g/mol. The molecule has 1 unspecified atom stereocenters. The summed E-state index contributed by atoms with van der Waals surface area (Å²) in [6, 6.07) is 9.06. The van der Waals surface area contributed by atoms with Gasteiger partial charge in [0, 0.05) is 18.3 Å². The van der Waals surface area contributed by atoms with Gasteiger partial charge >= 0.3 is 0 Å². The standard InChI is InChI=1S/C14H21NS/c1-11(16-2)9-15-10-12-4-3-5-14(8-12)13-6-7-13/h3-5,8,11,13,15H,6-7,9-10H2,1-2H3. The van der Waals surface area contributed by atoms with E-state index in [4.69, 9.17) is 0 Å². The van der Waals surface area contributed by atoms with E-state index in [1.807, 2.05) is 11.8 Å². The number of rotatable bonds is 6. The number of thioether (sulfide) groups is 1. The summed E-state index contributed by atoms with van der Waals surface area (Å²) in [5, 5.41) is 4.22. The van der Waals surface area contributed by atoms with Crippen molar-refractivity contribution >= 4 is 11.8 Å². The summed E-state index contributed by atoms with van der Waals surface area (Å²) < 4.78 is 0. The lowest BCUT2D eigenvalue weighted by atomic mass is 10.1. The molecule has 2 rings (SSSR count). The van der Waals surface area contributed by atoms with Crippen LogP contribution in [0.3, 0.4) is 0 Å². The van der Waals surface area contributed by atoms with E-state index in [0.29, 0.717) is 5.25 Å². The first kappa shape index (κ1) is 12.0. The molecule has 1 aromatic carbocycles. The van der Waals surface area contributed by atoms with Crippen molar-refractivity contribution in [3.8, 4) is 0 Å². The Morgan fingerprint density at radius 3 is 2.94 bits per heavy atom. The topological polar surface area (TPSA) is 12.0 Å². The minimum absolute atomic E-state index is 0.701.